The zero-order valence-corrected chi connectivity index (χ0v) is 13.1. The van der Waals surface area contributed by atoms with Crippen LogP contribution in [0.1, 0.15) is 71.1 Å². The van der Waals surface area contributed by atoms with Gasteiger partial charge in [0.05, 0.1) is 11.5 Å². The first-order valence-corrected chi connectivity index (χ1v) is 8.71. The lowest BCUT2D eigenvalue weighted by Gasteiger charge is -2.60. The summed E-state index contributed by atoms with van der Waals surface area (Å²) in [6.07, 6.45) is 11.0. The molecule has 2 atom stereocenters. The SMILES string of the molecule is CC12CC3CC(C1)CC(C(=O)NC1(C#N)CCCC1)(C3)C2. The number of nitriles is 1. The molecule has 0 aromatic rings. The van der Waals surface area contributed by atoms with Crippen LogP contribution >= 0.6 is 0 Å². The summed E-state index contributed by atoms with van der Waals surface area (Å²) in [5.74, 6) is 1.72. The zero-order valence-electron chi connectivity index (χ0n) is 13.1. The molecule has 0 radical (unpaired) electrons. The lowest BCUT2D eigenvalue weighted by atomic mass is 9.44. The highest BCUT2D eigenvalue weighted by atomic mass is 16.2. The van der Waals surface area contributed by atoms with Crippen LogP contribution in [0.25, 0.3) is 0 Å². The fraction of sp³-hybridized carbons (Fsp3) is 0.889. The molecule has 0 spiro atoms. The van der Waals surface area contributed by atoms with Gasteiger partial charge in [0.25, 0.3) is 0 Å². The van der Waals surface area contributed by atoms with Crippen LogP contribution in [0.5, 0.6) is 0 Å². The Hall–Kier alpha value is -1.04. The molecule has 0 aromatic carbocycles. The standard InChI is InChI=1S/C18H26N2O/c1-16-7-13-6-14(8-16)10-17(9-13,11-16)15(21)20-18(12-19)4-2-3-5-18/h13-14H,2-11H2,1H3,(H,20,21). The Morgan fingerprint density at radius 3 is 2.29 bits per heavy atom. The summed E-state index contributed by atoms with van der Waals surface area (Å²) in [6.45, 7) is 2.39. The van der Waals surface area contributed by atoms with E-state index in [1.54, 1.807) is 0 Å². The van der Waals surface area contributed by atoms with E-state index in [0.29, 0.717) is 5.41 Å². The van der Waals surface area contributed by atoms with E-state index in [2.05, 4.69) is 18.3 Å². The highest BCUT2D eigenvalue weighted by Crippen LogP contribution is 2.65. The molecule has 3 heteroatoms. The second-order valence-electron chi connectivity index (χ2n) is 8.91. The number of nitrogens with zero attached hydrogens (tertiary/aromatic N) is 1. The smallest absolute Gasteiger partial charge is 0.227 e. The van der Waals surface area contributed by atoms with Crippen molar-refractivity contribution in [1.29, 1.82) is 5.26 Å². The fourth-order valence-corrected chi connectivity index (χ4v) is 6.58. The number of carbonyl (C=O) groups is 1. The topological polar surface area (TPSA) is 52.9 Å². The minimum Gasteiger partial charge on any atom is -0.337 e. The van der Waals surface area contributed by atoms with Gasteiger partial charge in [-0.05, 0) is 81.5 Å². The Morgan fingerprint density at radius 1 is 1.14 bits per heavy atom. The fourth-order valence-electron chi connectivity index (χ4n) is 6.58. The first kappa shape index (κ1) is 13.6. The third kappa shape index (κ3) is 2.02. The second-order valence-corrected chi connectivity index (χ2v) is 8.91. The van der Waals surface area contributed by atoms with Crippen LogP contribution in [0.4, 0.5) is 0 Å². The summed E-state index contributed by atoms with van der Waals surface area (Å²) < 4.78 is 0. The first-order valence-electron chi connectivity index (χ1n) is 8.71. The maximum Gasteiger partial charge on any atom is 0.227 e. The largest absolute Gasteiger partial charge is 0.337 e. The molecule has 2 unspecified atom stereocenters. The maximum absolute atomic E-state index is 13.1. The lowest BCUT2D eigenvalue weighted by Crippen LogP contribution is -2.59. The van der Waals surface area contributed by atoms with Crippen LogP contribution in [0.15, 0.2) is 0 Å². The second kappa shape index (κ2) is 4.24. The summed E-state index contributed by atoms with van der Waals surface area (Å²) >= 11 is 0. The molecule has 114 valence electrons. The van der Waals surface area contributed by atoms with Crippen molar-refractivity contribution in [3.63, 3.8) is 0 Å². The van der Waals surface area contributed by atoms with Crippen molar-refractivity contribution in [1.82, 2.24) is 5.32 Å². The monoisotopic (exact) mass is 286 g/mol. The molecule has 3 nitrogen and oxygen atoms in total. The van der Waals surface area contributed by atoms with Gasteiger partial charge in [0, 0.05) is 0 Å². The average Bonchev–Trinajstić information content (AvgIpc) is 2.85. The first-order chi connectivity index (χ1) is 9.97. The highest BCUT2D eigenvalue weighted by Gasteiger charge is 2.59. The van der Waals surface area contributed by atoms with Gasteiger partial charge in [-0.15, -0.1) is 0 Å². The van der Waals surface area contributed by atoms with E-state index in [1.807, 2.05) is 0 Å². The van der Waals surface area contributed by atoms with Crippen molar-refractivity contribution >= 4 is 5.91 Å². The molecule has 4 bridgehead atoms. The van der Waals surface area contributed by atoms with Crippen LogP contribution in [0, 0.1) is 34.0 Å². The van der Waals surface area contributed by atoms with Crippen LogP contribution in [0.3, 0.4) is 0 Å². The van der Waals surface area contributed by atoms with E-state index in [0.717, 1.165) is 56.8 Å². The van der Waals surface area contributed by atoms with Crippen molar-refractivity contribution in [3.8, 4) is 6.07 Å². The molecule has 0 heterocycles. The van der Waals surface area contributed by atoms with E-state index in [9.17, 15) is 10.1 Å². The van der Waals surface area contributed by atoms with E-state index in [4.69, 9.17) is 0 Å². The summed E-state index contributed by atoms with van der Waals surface area (Å²) in [5, 5.41) is 12.7. The molecular formula is C18H26N2O. The van der Waals surface area contributed by atoms with Gasteiger partial charge in [0.1, 0.15) is 5.54 Å². The van der Waals surface area contributed by atoms with Gasteiger partial charge in [-0.1, -0.05) is 6.92 Å². The van der Waals surface area contributed by atoms with Gasteiger partial charge in [-0.2, -0.15) is 5.26 Å². The highest BCUT2D eigenvalue weighted by molar-refractivity contribution is 5.84. The van der Waals surface area contributed by atoms with Crippen molar-refractivity contribution in [2.75, 3.05) is 0 Å². The quantitative estimate of drug-likeness (QED) is 0.844. The Kier molecular flexibility index (Phi) is 2.75. The molecule has 5 fully saturated rings. The Morgan fingerprint density at radius 2 is 1.76 bits per heavy atom. The number of nitrogens with one attached hydrogen (secondary N) is 1. The van der Waals surface area contributed by atoms with E-state index in [-0.39, 0.29) is 11.3 Å². The van der Waals surface area contributed by atoms with Gasteiger partial charge in [0.2, 0.25) is 5.91 Å². The summed E-state index contributed by atoms with van der Waals surface area (Å²) in [7, 11) is 0. The van der Waals surface area contributed by atoms with Gasteiger partial charge in [-0.25, -0.2) is 0 Å². The summed E-state index contributed by atoms with van der Waals surface area (Å²) in [5.41, 5.74) is -0.316. The van der Waals surface area contributed by atoms with Gasteiger partial charge < -0.3 is 5.32 Å². The van der Waals surface area contributed by atoms with Gasteiger partial charge >= 0.3 is 0 Å². The van der Waals surface area contributed by atoms with Crippen molar-refractivity contribution in [3.05, 3.63) is 0 Å². The molecule has 0 aromatic heterocycles. The van der Waals surface area contributed by atoms with Gasteiger partial charge in [0.15, 0.2) is 0 Å². The predicted molar refractivity (Wildman–Crippen MR) is 80.2 cm³/mol. The van der Waals surface area contributed by atoms with E-state index >= 15 is 0 Å². The van der Waals surface area contributed by atoms with Crippen LogP contribution in [-0.4, -0.2) is 11.4 Å². The minimum absolute atomic E-state index is 0.148. The number of hydrogen-bond acceptors (Lipinski definition) is 2. The number of hydrogen-bond donors (Lipinski definition) is 1. The summed E-state index contributed by atoms with van der Waals surface area (Å²) in [4.78, 5) is 13.1. The summed E-state index contributed by atoms with van der Waals surface area (Å²) in [6, 6.07) is 2.42. The van der Waals surface area contributed by atoms with Crippen molar-refractivity contribution < 1.29 is 4.79 Å². The maximum atomic E-state index is 13.1. The average molecular weight is 286 g/mol. The number of rotatable bonds is 2. The molecule has 1 amide bonds. The molecule has 5 aliphatic carbocycles. The van der Waals surface area contributed by atoms with E-state index < -0.39 is 5.54 Å². The Balaban J connectivity index is 1.58. The van der Waals surface area contributed by atoms with Crippen molar-refractivity contribution in [2.24, 2.45) is 22.7 Å². The molecule has 21 heavy (non-hydrogen) atoms. The predicted octanol–water partition coefficient (Wildman–Crippen LogP) is 3.55. The molecule has 0 aliphatic heterocycles. The molecular weight excluding hydrogens is 260 g/mol. The van der Waals surface area contributed by atoms with E-state index in [1.165, 1.54) is 19.3 Å². The number of carbonyl (C=O) groups excluding carboxylic acids is 1. The Labute approximate surface area is 127 Å². The normalized spacial score (nSPS) is 46.3. The third-order valence-electron chi connectivity index (χ3n) is 6.86. The molecule has 1 N–H and O–H groups in total. The minimum atomic E-state index is -0.554. The third-order valence-corrected chi connectivity index (χ3v) is 6.86. The van der Waals surface area contributed by atoms with Crippen molar-refractivity contribution in [2.45, 2.75) is 76.7 Å². The molecule has 0 saturated heterocycles. The molecule has 5 saturated carbocycles. The number of amides is 1. The molecule has 5 rings (SSSR count). The van der Waals surface area contributed by atoms with Crippen LogP contribution in [0.2, 0.25) is 0 Å². The van der Waals surface area contributed by atoms with Crippen LogP contribution in [-0.2, 0) is 4.79 Å². The lowest BCUT2D eigenvalue weighted by molar-refractivity contribution is -0.156. The zero-order chi connectivity index (χ0) is 14.7. The Bertz CT molecular complexity index is 498. The van der Waals surface area contributed by atoms with Crippen LogP contribution < -0.4 is 5.32 Å². The van der Waals surface area contributed by atoms with Gasteiger partial charge in [-0.3, -0.25) is 4.79 Å². The molecule has 5 aliphatic rings.